The fourth-order valence-corrected chi connectivity index (χ4v) is 4.42. The Morgan fingerprint density at radius 1 is 1.13 bits per heavy atom. The number of para-hydroxylation sites is 2. The lowest BCUT2D eigenvalue weighted by Gasteiger charge is -2.30. The number of fused-ring (bicyclic) bond motifs is 1. The Labute approximate surface area is 174 Å². The van der Waals surface area contributed by atoms with Gasteiger partial charge in [-0.15, -0.1) is 5.06 Å². The molecular formula is C23H24N2O5. The summed E-state index contributed by atoms with van der Waals surface area (Å²) in [5, 5.41) is 10.9. The van der Waals surface area contributed by atoms with Gasteiger partial charge >= 0.3 is 5.97 Å². The minimum absolute atomic E-state index is 0.0440. The van der Waals surface area contributed by atoms with E-state index in [1.54, 1.807) is 5.06 Å². The number of carbonyl (C=O) groups is 1. The number of aliphatic carboxylic acids is 1. The topological polar surface area (TPSA) is 88.1 Å². The van der Waals surface area contributed by atoms with Gasteiger partial charge in [0.05, 0.1) is 6.04 Å². The number of ether oxygens (including phenoxy) is 1. The minimum atomic E-state index is -0.936. The molecule has 2 heterocycles. The first-order valence-electron chi connectivity index (χ1n) is 10.4. The van der Waals surface area contributed by atoms with Crippen LogP contribution in [0.15, 0.2) is 52.9 Å². The second kappa shape index (κ2) is 8.08. The molecule has 0 amide bonds. The highest BCUT2D eigenvalue weighted by Crippen LogP contribution is 2.44. The van der Waals surface area contributed by atoms with Gasteiger partial charge in [0.2, 0.25) is 5.89 Å². The molecule has 0 bridgehead atoms. The van der Waals surface area contributed by atoms with E-state index in [0.717, 1.165) is 29.5 Å². The zero-order chi connectivity index (χ0) is 20.5. The van der Waals surface area contributed by atoms with Crippen LogP contribution in [0.2, 0.25) is 0 Å². The molecule has 2 aliphatic rings. The predicted molar refractivity (Wildman–Crippen MR) is 108 cm³/mol. The molecule has 1 aliphatic carbocycles. The molecule has 5 rings (SSSR count). The number of aromatic nitrogens is 1. The normalized spacial score (nSPS) is 22.7. The van der Waals surface area contributed by atoms with Crippen molar-refractivity contribution in [2.45, 2.75) is 51.0 Å². The maximum Gasteiger partial charge on any atom is 0.352 e. The number of oxazole rings is 1. The second-order valence-corrected chi connectivity index (χ2v) is 7.93. The third kappa shape index (κ3) is 3.91. The van der Waals surface area contributed by atoms with Gasteiger partial charge in [0, 0.05) is 0 Å². The maximum absolute atomic E-state index is 11.3. The molecule has 7 nitrogen and oxygen atoms in total. The van der Waals surface area contributed by atoms with E-state index in [1.807, 2.05) is 48.5 Å². The monoisotopic (exact) mass is 408 g/mol. The number of rotatable bonds is 7. The smallest absolute Gasteiger partial charge is 0.352 e. The van der Waals surface area contributed by atoms with E-state index in [-0.39, 0.29) is 12.6 Å². The maximum atomic E-state index is 11.3. The zero-order valence-electron chi connectivity index (χ0n) is 16.6. The summed E-state index contributed by atoms with van der Waals surface area (Å²) in [6.07, 6.45) is 4.94. The van der Waals surface area contributed by atoms with Gasteiger partial charge in [-0.3, -0.25) is 4.84 Å². The SMILES string of the molecule is O=C(O)C1ON1C(c1ccc(OCc2nc3ccccc3o2)cc1)C1CCCCC1. The van der Waals surface area contributed by atoms with Crippen molar-refractivity contribution in [3.05, 3.63) is 60.0 Å². The van der Waals surface area contributed by atoms with Crippen molar-refractivity contribution < 1.29 is 23.9 Å². The number of hydrogen-bond donors (Lipinski definition) is 1. The van der Waals surface area contributed by atoms with Crippen LogP contribution >= 0.6 is 0 Å². The molecule has 1 aromatic heterocycles. The Morgan fingerprint density at radius 3 is 2.60 bits per heavy atom. The number of hydroxylamine groups is 2. The third-order valence-corrected chi connectivity index (χ3v) is 5.91. The average molecular weight is 408 g/mol. The largest absolute Gasteiger partial charge is 0.484 e. The Bertz CT molecular complexity index is 993. The number of nitrogens with zero attached hydrogens (tertiary/aromatic N) is 2. The number of benzene rings is 2. The van der Waals surface area contributed by atoms with E-state index in [1.165, 1.54) is 19.3 Å². The summed E-state index contributed by atoms with van der Waals surface area (Å²) in [5.74, 6) is 0.704. The van der Waals surface area contributed by atoms with Gasteiger partial charge in [0.15, 0.2) is 12.2 Å². The van der Waals surface area contributed by atoms with E-state index in [2.05, 4.69) is 4.98 Å². The Morgan fingerprint density at radius 2 is 1.90 bits per heavy atom. The molecule has 3 unspecified atom stereocenters. The second-order valence-electron chi connectivity index (χ2n) is 7.93. The average Bonchev–Trinajstić information content (AvgIpc) is 3.45. The van der Waals surface area contributed by atoms with Crippen LogP contribution in [0.3, 0.4) is 0 Å². The van der Waals surface area contributed by atoms with Crippen molar-refractivity contribution >= 4 is 17.1 Å². The van der Waals surface area contributed by atoms with Gasteiger partial charge < -0.3 is 14.3 Å². The molecule has 3 atom stereocenters. The highest BCUT2D eigenvalue weighted by Gasteiger charge is 2.50. The van der Waals surface area contributed by atoms with Crippen LogP contribution in [0.4, 0.5) is 0 Å². The number of hydrogen-bond acceptors (Lipinski definition) is 6. The molecule has 1 aliphatic heterocycles. The van der Waals surface area contributed by atoms with E-state index < -0.39 is 12.2 Å². The van der Waals surface area contributed by atoms with Gasteiger partial charge in [0.25, 0.3) is 6.23 Å². The Balaban J connectivity index is 1.28. The Hall–Kier alpha value is -2.90. The van der Waals surface area contributed by atoms with Crippen molar-refractivity contribution in [1.82, 2.24) is 10.0 Å². The molecular weight excluding hydrogens is 384 g/mol. The van der Waals surface area contributed by atoms with Crippen molar-refractivity contribution in [3.63, 3.8) is 0 Å². The third-order valence-electron chi connectivity index (χ3n) is 5.91. The molecule has 3 aromatic rings. The van der Waals surface area contributed by atoms with Crippen LogP contribution in [0, 0.1) is 5.92 Å². The van der Waals surface area contributed by atoms with Gasteiger partial charge in [-0.2, -0.15) is 0 Å². The lowest BCUT2D eigenvalue weighted by molar-refractivity contribution is -0.138. The highest BCUT2D eigenvalue weighted by atomic mass is 16.8. The van der Waals surface area contributed by atoms with Gasteiger partial charge in [-0.05, 0) is 48.6 Å². The summed E-state index contributed by atoms with van der Waals surface area (Å²) in [7, 11) is 0. The first-order chi connectivity index (χ1) is 14.7. The zero-order valence-corrected chi connectivity index (χ0v) is 16.6. The van der Waals surface area contributed by atoms with Crippen molar-refractivity contribution in [3.8, 4) is 5.75 Å². The van der Waals surface area contributed by atoms with Crippen molar-refractivity contribution in [2.75, 3.05) is 0 Å². The van der Waals surface area contributed by atoms with Crippen LogP contribution in [0.1, 0.15) is 49.6 Å². The standard InChI is InChI=1S/C23H24N2O5/c26-23(27)22-25(30-22)21(15-6-2-1-3-7-15)16-10-12-17(13-11-16)28-14-20-24-18-8-4-5-9-19(18)29-20/h4-5,8-13,15,21-22H,1-3,6-7,14H2,(H,26,27). The van der Waals surface area contributed by atoms with E-state index in [0.29, 0.717) is 17.6 Å². The quantitative estimate of drug-likeness (QED) is 0.568. The van der Waals surface area contributed by atoms with Crippen LogP contribution in [0.25, 0.3) is 11.1 Å². The van der Waals surface area contributed by atoms with E-state index in [9.17, 15) is 9.90 Å². The minimum Gasteiger partial charge on any atom is -0.484 e. The summed E-state index contributed by atoms with van der Waals surface area (Å²) in [4.78, 5) is 21.1. The molecule has 2 aromatic carbocycles. The Kier molecular flexibility index (Phi) is 5.14. The fourth-order valence-electron chi connectivity index (χ4n) is 4.42. The lowest BCUT2D eigenvalue weighted by Crippen LogP contribution is -2.25. The van der Waals surface area contributed by atoms with Crippen LogP contribution in [-0.4, -0.2) is 27.4 Å². The first kappa shape index (κ1) is 19.1. The molecule has 1 N–H and O–H groups in total. The predicted octanol–water partition coefficient (Wildman–Crippen LogP) is 4.69. The van der Waals surface area contributed by atoms with Gasteiger partial charge in [-0.25, -0.2) is 9.78 Å². The van der Waals surface area contributed by atoms with Crippen LogP contribution in [-0.2, 0) is 16.2 Å². The van der Waals surface area contributed by atoms with E-state index in [4.69, 9.17) is 14.0 Å². The highest BCUT2D eigenvalue weighted by molar-refractivity contribution is 5.73. The lowest BCUT2D eigenvalue weighted by atomic mass is 9.81. The molecule has 1 saturated heterocycles. The van der Waals surface area contributed by atoms with Crippen molar-refractivity contribution in [2.24, 2.45) is 5.92 Å². The molecule has 0 spiro atoms. The first-order valence-corrected chi connectivity index (χ1v) is 10.4. The van der Waals surface area contributed by atoms with E-state index >= 15 is 0 Å². The molecule has 1 saturated carbocycles. The summed E-state index contributed by atoms with van der Waals surface area (Å²) in [5.41, 5.74) is 2.61. The summed E-state index contributed by atoms with van der Waals surface area (Å²) >= 11 is 0. The molecule has 156 valence electrons. The fraction of sp³-hybridized carbons (Fsp3) is 0.391. The molecule has 7 heteroatoms. The molecule has 30 heavy (non-hydrogen) atoms. The molecule has 0 radical (unpaired) electrons. The number of carboxylic acid groups (broad SMARTS) is 1. The number of carboxylic acids is 1. The van der Waals surface area contributed by atoms with Gasteiger partial charge in [-0.1, -0.05) is 43.5 Å². The van der Waals surface area contributed by atoms with Crippen LogP contribution < -0.4 is 4.74 Å². The van der Waals surface area contributed by atoms with Crippen molar-refractivity contribution in [1.29, 1.82) is 0 Å². The summed E-state index contributed by atoms with van der Waals surface area (Å²) in [6, 6.07) is 15.4. The summed E-state index contributed by atoms with van der Waals surface area (Å²) < 4.78 is 11.5. The van der Waals surface area contributed by atoms with Crippen LogP contribution in [0.5, 0.6) is 5.75 Å². The summed E-state index contributed by atoms with van der Waals surface area (Å²) in [6.45, 7) is 0.246. The van der Waals surface area contributed by atoms with Gasteiger partial charge in [0.1, 0.15) is 11.3 Å². The molecule has 2 fully saturated rings.